The van der Waals surface area contributed by atoms with Crippen molar-refractivity contribution in [1.29, 1.82) is 0 Å². The van der Waals surface area contributed by atoms with Crippen LogP contribution in [0.1, 0.15) is 15.9 Å². The van der Waals surface area contributed by atoms with Crippen molar-refractivity contribution >= 4 is 5.78 Å². The molecule has 3 nitrogen and oxygen atoms in total. The van der Waals surface area contributed by atoms with Crippen LogP contribution < -0.4 is 21.5 Å². The molecule has 0 saturated heterocycles. The maximum Gasteiger partial charge on any atom is 0.287 e. The van der Waals surface area contributed by atoms with Crippen LogP contribution in [0.2, 0.25) is 0 Å². The Morgan fingerprint density at radius 1 is 1.04 bits per heavy atom. The van der Waals surface area contributed by atoms with E-state index in [9.17, 15) is 9.18 Å². The van der Waals surface area contributed by atoms with Crippen LogP contribution in [0.4, 0.5) is 4.39 Å². The van der Waals surface area contributed by atoms with Gasteiger partial charge < -0.3 is 17.0 Å². The number of hydrogen-bond donors (Lipinski definition) is 0. The van der Waals surface area contributed by atoms with E-state index in [0.29, 0.717) is 5.56 Å². The van der Waals surface area contributed by atoms with Crippen LogP contribution in [0, 0.1) is 12.7 Å². The second-order valence-corrected chi connectivity index (χ2v) is 5.41. The number of aryl methyl sites for hydroxylation is 1. The largest absolute Gasteiger partial charge is 1.00 e. The van der Waals surface area contributed by atoms with Crippen molar-refractivity contribution < 1.29 is 30.7 Å². The van der Waals surface area contributed by atoms with E-state index >= 15 is 0 Å². The standard InChI is InChI=1S/C19H16FN2O.BrH/c1-14-2-4-15(5-3-14)18-10-11-22(13-21-18)12-19(23)16-6-8-17(20)9-7-16;/h2-11,13H,12H2,1H3;1H/q+1;/p-1. The first-order valence-electron chi connectivity index (χ1n) is 7.33. The fourth-order valence-corrected chi connectivity index (χ4v) is 2.27. The molecule has 0 aliphatic rings. The van der Waals surface area contributed by atoms with Crippen molar-refractivity contribution in [3.63, 3.8) is 0 Å². The molecule has 1 heterocycles. The summed E-state index contributed by atoms with van der Waals surface area (Å²) in [5.41, 5.74) is 3.58. The molecule has 0 N–H and O–H groups in total. The Kier molecular flexibility index (Phi) is 5.93. The zero-order valence-electron chi connectivity index (χ0n) is 13.1. The molecule has 0 aliphatic heterocycles. The SMILES string of the molecule is Cc1ccc(-c2cc[n+](CC(=O)c3ccc(F)cc3)cn2)cc1.[Br-]. The molecule has 3 rings (SSSR count). The quantitative estimate of drug-likeness (QED) is 0.479. The highest BCUT2D eigenvalue weighted by Crippen LogP contribution is 2.15. The van der Waals surface area contributed by atoms with Gasteiger partial charge in [0.15, 0.2) is 12.2 Å². The second kappa shape index (κ2) is 7.93. The van der Waals surface area contributed by atoms with Gasteiger partial charge in [-0.15, -0.1) is 0 Å². The lowest BCUT2D eigenvalue weighted by atomic mass is 10.1. The van der Waals surface area contributed by atoms with E-state index in [2.05, 4.69) is 4.98 Å². The Morgan fingerprint density at radius 2 is 1.71 bits per heavy atom. The average molecular weight is 387 g/mol. The number of halogens is 2. The molecule has 0 spiro atoms. The Hall–Kier alpha value is -2.40. The van der Waals surface area contributed by atoms with E-state index in [4.69, 9.17) is 0 Å². The molecular weight excluding hydrogens is 371 g/mol. The van der Waals surface area contributed by atoms with E-state index in [0.717, 1.165) is 11.3 Å². The number of aromatic nitrogens is 2. The maximum absolute atomic E-state index is 12.9. The van der Waals surface area contributed by atoms with E-state index in [1.807, 2.05) is 43.5 Å². The van der Waals surface area contributed by atoms with Gasteiger partial charge in [0.05, 0.1) is 6.20 Å². The van der Waals surface area contributed by atoms with Gasteiger partial charge in [-0.3, -0.25) is 4.79 Å². The number of benzene rings is 2. The third-order valence-corrected chi connectivity index (χ3v) is 3.61. The molecule has 0 bridgehead atoms. The molecule has 0 atom stereocenters. The average Bonchev–Trinajstić information content (AvgIpc) is 2.57. The highest BCUT2D eigenvalue weighted by Gasteiger charge is 2.11. The third-order valence-electron chi connectivity index (χ3n) is 3.61. The summed E-state index contributed by atoms with van der Waals surface area (Å²) in [6.07, 6.45) is 3.46. The minimum absolute atomic E-state index is 0. The monoisotopic (exact) mass is 386 g/mol. The minimum Gasteiger partial charge on any atom is -1.00 e. The van der Waals surface area contributed by atoms with Crippen LogP contribution in [-0.4, -0.2) is 10.8 Å². The van der Waals surface area contributed by atoms with Gasteiger partial charge in [0, 0.05) is 17.2 Å². The van der Waals surface area contributed by atoms with Crippen molar-refractivity contribution in [2.24, 2.45) is 0 Å². The first kappa shape index (κ1) is 17.9. The summed E-state index contributed by atoms with van der Waals surface area (Å²) in [5.74, 6) is -0.432. The fraction of sp³-hybridized carbons (Fsp3) is 0.105. The van der Waals surface area contributed by atoms with Crippen molar-refractivity contribution in [3.8, 4) is 11.3 Å². The molecule has 0 amide bonds. The van der Waals surface area contributed by atoms with Gasteiger partial charge in [0.1, 0.15) is 5.82 Å². The van der Waals surface area contributed by atoms with Crippen LogP contribution in [0.5, 0.6) is 0 Å². The lowest BCUT2D eigenvalue weighted by molar-refractivity contribution is -0.686. The molecule has 24 heavy (non-hydrogen) atoms. The molecule has 0 fully saturated rings. The zero-order valence-corrected chi connectivity index (χ0v) is 14.7. The summed E-state index contributed by atoms with van der Waals surface area (Å²) in [6.45, 7) is 2.21. The van der Waals surface area contributed by atoms with Gasteiger partial charge >= 0.3 is 0 Å². The first-order chi connectivity index (χ1) is 11.1. The maximum atomic E-state index is 12.9. The van der Waals surface area contributed by atoms with E-state index in [1.165, 1.54) is 29.8 Å². The molecule has 0 radical (unpaired) electrons. The Labute approximate surface area is 150 Å². The van der Waals surface area contributed by atoms with Crippen molar-refractivity contribution in [3.05, 3.63) is 84.1 Å². The molecule has 0 aliphatic carbocycles. The predicted octanol–water partition coefficient (Wildman–Crippen LogP) is 0.371. The highest BCUT2D eigenvalue weighted by atomic mass is 79.9. The first-order valence-corrected chi connectivity index (χ1v) is 7.33. The van der Waals surface area contributed by atoms with Crippen LogP contribution in [0.15, 0.2) is 67.1 Å². The second-order valence-electron chi connectivity index (χ2n) is 5.41. The van der Waals surface area contributed by atoms with Gasteiger partial charge in [0.2, 0.25) is 5.78 Å². The van der Waals surface area contributed by atoms with Crippen LogP contribution in [-0.2, 0) is 6.54 Å². The summed E-state index contributed by atoms with van der Waals surface area (Å²) in [6, 6.07) is 15.6. The minimum atomic E-state index is -0.349. The Bertz CT molecular complexity index is 815. The molecule has 122 valence electrons. The summed E-state index contributed by atoms with van der Waals surface area (Å²) >= 11 is 0. The lowest BCUT2D eigenvalue weighted by Crippen LogP contribution is -3.00. The Morgan fingerprint density at radius 3 is 2.29 bits per heavy atom. The van der Waals surface area contributed by atoms with Gasteiger partial charge in [-0.25, -0.2) is 8.96 Å². The molecule has 2 aromatic carbocycles. The van der Waals surface area contributed by atoms with Gasteiger partial charge in [-0.2, -0.15) is 0 Å². The summed E-state index contributed by atoms with van der Waals surface area (Å²) < 4.78 is 14.6. The van der Waals surface area contributed by atoms with Gasteiger partial charge in [-0.1, -0.05) is 29.8 Å². The number of ketones is 1. The van der Waals surface area contributed by atoms with Crippen LogP contribution >= 0.6 is 0 Å². The lowest BCUT2D eigenvalue weighted by Gasteiger charge is -2.01. The molecule has 0 unspecified atom stereocenters. The summed E-state index contributed by atoms with van der Waals surface area (Å²) in [7, 11) is 0. The number of carbonyl (C=O) groups is 1. The number of hydrogen-bond acceptors (Lipinski definition) is 2. The number of carbonyl (C=O) groups excluding carboxylic acids is 1. The smallest absolute Gasteiger partial charge is 0.287 e. The normalized spacial score (nSPS) is 10.1. The fourth-order valence-electron chi connectivity index (χ4n) is 2.27. The van der Waals surface area contributed by atoms with E-state index < -0.39 is 0 Å². The topological polar surface area (TPSA) is 33.8 Å². The molecule has 5 heteroatoms. The Balaban J connectivity index is 0.00000208. The van der Waals surface area contributed by atoms with Gasteiger partial charge in [0.25, 0.3) is 6.33 Å². The number of Topliss-reactive ketones (excluding diaryl/α,β-unsaturated/α-hetero) is 1. The van der Waals surface area contributed by atoms with Crippen molar-refractivity contribution in [2.75, 3.05) is 0 Å². The van der Waals surface area contributed by atoms with E-state index in [-0.39, 0.29) is 35.1 Å². The van der Waals surface area contributed by atoms with Gasteiger partial charge in [-0.05, 0) is 36.2 Å². The van der Waals surface area contributed by atoms with Crippen LogP contribution in [0.25, 0.3) is 11.3 Å². The predicted molar refractivity (Wildman–Crippen MR) is 85.3 cm³/mol. The molecule has 3 aromatic rings. The third kappa shape index (κ3) is 4.32. The van der Waals surface area contributed by atoms with Crippen molar-refractivity contribution in [2.45, 2.75) is 13.5 Å². The number of nitrogens with zero attached hydrogens (tertiary/aromatic N) is 2. The molecular formula is C19H16BrFN2O. The summed E-state index contributed by atoms with van der Waals surface area (Å²) in [5, 5.41) is 0. The summed E-state index contributed by atoms with van der Waals surface area (Å²) in [4.78, 5) is 16.5. The van der Waals surface area contributed by atoms with Crippen LogP contribution in [0.3, 0.4) is 0 Å². The zero-order chi connectivity index (χ0) is 16.2. The van der Waals surface area contributed by atoms with E-state index in [1.54, 1.807) is 10.9 Å². The molecule has 1 aromatic heterocycles. The molecule has 0 saturated carbocycles. The number of rotatable bonds is 4. The highest BCUT2D eigenvalue weighted by molar-refractivity contribution is 5.94. The van der Waals surface area contributed by atoms with Crippen molar-refractivity contribution in [1.82, 2.24) is 4.98 Å².